The highest BCUT2D eigenvalue weighted by Gasteiger charge is 2.30. The highest BCUT2D eigenvalue weighted by Crippen LogP contribution is 2.46. The quantitative estimate of drug-likeness (QED) is 0.296. The summed E-state index contributed by atoms with van der Waals surface area (Å²) in [5.74, 6) is -1.37. The normalized spacial score (nSPS) is 14.2. The Morgan fingerprint density at radius 3 is 2.69 bits per heavy atom. The van der Waals surface area contributed by atoms with Crippen LogP contribution < -0.4 is 4.90 Å². The number of fused-ring (bicyclic) bond motifs is 1. The van der Waals surface area contributed by atoms with Crippen LogP contribution in [0.15, 0.2) is 52.4 Å². The first-order chi connectivity index (χ1) is 12.6. The van der Waals surface area contributed by atoms with E-state index in [9.17, 15) is 14.9 Å². The Hall–Kier alpha value is -2.76. The van der Waals surface area contributed by atoms with Gasteiger partial charge in [-0.2, -0.15) is 5.26 Å². The number of carbonyl (C=O) groups excluding carboxylic acids is 2. The molecule has 0 aromatic heterocycles. The monoisotopic (exact) mass is 374 g/mol. The summed E-state index contributed by atoms with van der Waals surface area (Å²) in [5.41, 5.74) is 0.808. The summed E-state index contributed by atoms with van der Waals surface area (Å²) >= 11 is 1.33. The molecule has 0 bridgehead atoms. The summed E-state index contributed by atoms with van der Waals surface area (Å²) in [6.45, 7) is 3.94. The maximum absolute atomic E-state index is 12.3. The van der Waals surface area contributed by atoms with Gasteiger partial charge in [-0.1, -0.05) is 30.5 Å². The summed E-state index contributed by atoms with van der Waals surface area (Å²) in [7, 11) is 1.59. The number of nitrogens with zero attached hydrogens (tertiary/aromatic N) is 2. The molecule has 2 rings (SSSR count). The molecule has 0 amide bonds. The van der Waals surface area contributed by atoms with Crippen molar-refractivity contribution in [3.05, 3.63) is 47.5 Å². The topological polar surface area (TPSA) is 88.9 Å². The Morgan fingerprint density at radius 2 is 2.00 bits per heavy atom. The second-order valence-corrected chi connectivity index (χ2v) is 6.04. The van der Waals surface area contributed by atoms with Crippen LogP contribution in [0, 0.1) is 11.3 Å². The van der Waals surface area contributed by atoms with Gasteiger partial charge < -0.3 is 19.1 Å². The average molecular weight is 374 g/mol. The van der Waals surface area contributed by atoms with Gasteiger partial charge in [0.05, 0.1) is 12.3 Å². The number of para-hydroxylation sites is 1. The minimum Gasteiger partial charge on any atom is -0.459 e. The Balaban J connectivity index is 2.15. The van der Waals surface area contributed by atoms with Crippen molar-refractivity contribution in [2.24, 2.45) is 0 Å². The molecule has 0 fully saturated rings. The van der Waals surface area contributed by atoms with Crippen molar-refractivity contribution in [2.75, 3.05) is 38.4 Å². The van der Waals surface area contributed by atoms with E-state index in [1.165, 1.54) is 11.8 Å². The van der Waals surface area contributed by atoms with E-state index >= 15 is 0 Å². The molecule has 1 aromatic rings. The van der Waals surface area contributed by atoms with Crippen LogP contribution in [0.25, 0.3) is 0 Å². The molecule has 0 N–H and O–H groups in total. The summed E-state index contributed by atoms with van der Waals surface area (Å²) in [6, 6.07) is 9.54. The van der Waals surface area contributed by atoms with Crippen LogP contribution in [-0.2, 0) is 23.8 Å². The van der Waals surface area contributed by atoms with Crippen LogP contribution >= 0.6 is 11.8 Å². The van der Waals surface area contributed by atoms with Crippen molar-refractivity contribution in [1.82, 2.24) is 0 Å². The van der Waals surface area contributed by atoms with E-state index in [2.05, 4.69) is 6.58 Å². The molecule has 26 heavy (non-hydrogen) atoms. The van der Waals surface area contributed by atoms with E-state index in [1.807, 2.05) is 35.2 Å². The van der Waals surface area contributed by atoms with Crippen LogP contribution in [0.3, 0.4) is 0 Å². The summed E-state index contributed by atoms with van der Waals surface area (Å²) in [5, 5.41) is 9.98. The molecule has 0 spiro atoms. The van der Waals surface area contributed by atoms with Crippen molar-refractivity contribution < 1.29 is 23.8 Å². The van der Waals surface area contributed by atoms with Crippen LogP contribution in [0.2, 0.25) is 0 Å². The third kappa shape index (κ3) is 4.65. The Kier molecular flexibility index (Phi) is 7.26. The lowest BCUT2D eigenvalue weighted by Gasteiger charge is -2.20. The van der Waals surface area contributed by atoms with E-state index in [0.29, 0.717) is 18.2 Å². The van der Waals surface area contributed by atoms with E-state index in [0.717, 1.165) is 16.7 Å². The van der Waals surface area contributed by atoms with Gasteiger partial charge in [-0.3, -0.25) is 0 Å². The zero-order valence-electron chi connectivity index (χ0n) is 14.3. The van der Waals surface area contributed by atoms with Gasteiger partial charge in [0.15, 0.2) is 5.57 Å². The number of methoxy groups -OCH3 is 1. The number of carbonyl (C=O) groups is 2. The fourth-order valence-electron chi connectivity index (χ4n) is 2.21. The molecular formula is C18H18N2O5S. The molecule has 1 aliphatic rings. The lowest BCUT2D eigenvalue weighted by atomic mass is 10.2. The highest BCUT2D eigenvalue weighted by atomic mass is 32.2. The number of hydrogen-bond donors (Lipinski definition) is 0. The van der Waals surface area contributed by atoms with Gasteiger partial charge in [0.2, 0.25) is 0 Å². The van der Waals surface area contributed by atoms with Gasteiger partial charge in [-0.15, -0.1) is 0 Å². The number of anilines is 1. The first-order valence-electron chi connectivity index (χ1n) is 7.76. The van der Waals surface area contributed by atoms with Crippen molar-refractivity contribution in [1.29, 1.82) is 5.26 Å². The lowest BCUT2D eigenvalue weighted by Crippen LogP contribution is -2.25. The van der Waals surface area contributed by atoms with Gasteiger partial charge in [-0.25, -0.2) is 9.59 Å². The van der Waals surface area contributed by atoms with Crippen molar-refractivity contribution in [3.8, 4) is 6.07 Å². The molecule has 0 saturated heterocycles. The number of hydrogen-bond acceptors (Lipinski definition) is 8. The lowest BCUT2D eigenvalue weighted by molar-refractivity contribution is -0.146. The maximum atomic E-state index is 12.3. The van der Waals surface area contributed by atoms with Crippen molar-refractivity contribution in [2.45, 2.75) is 4.90 Å². The Morgan fingerprint density at radius 1 is 1.27 bits per heavy atom. The summed E-state index contributed by atoms with van der Waals surface area (Å²) in [4.78, 5) is 26.1. The summed E-state index contributed by atoms with van der Waals surface area (Å²) < 4.78 is 14.9. The fourth-order valence-corrected chi connectivity index (χ4v) is 3.38. The summed E-state index contributed by atoms with van der Waals surface area (Å²) in [6.07, 6.45) is 1.02. The standard InChI is InChI=1S/C18H18N2O5S/c1-3-16(21)24-10-11-25-18(22)13(12-19)17-20(8-9-23-2)14-6-4-5-7-15(14)26-17/h3-7H,1,8-11H2,2H3/b17-13-. The van der Waals surface area contributed by atoms with Gasteiger partial charge in [0.1, 0.15) is 24.3 Å². The SMILES string of the molecule is C=CC(=O)OCCOC(=O)/C(C#N)=C1\Sc2ccccc2N1CCOC. The van der Waals surface area contributed by atoms with E-state index in [1.54, 1.807) is 7.11 Å². The third-order valence-electron chi connectivity index (χ3n) is 3.38. The van der Waals surface area contributed by atoms with Gasteiger partial charge in [0.25, 0.3) is 0 Å². The second-order valence-electron chi connectivity index (χ2n) is 5.01. The zero-order valence-corrected chi connectivity index (χ0v) is 15.1. The minimum absolute atomic E-state index is 0.0997. The number of thioether (sulfide) groups is 1. The Labute approximate surface area is 155 Å². The number of nitriles is 1. The fraction of sp³-hybridized carbons (Fsp3) is 0.278. The number of rotatable bonds is 8. The first-order valence-corrected chi connectivity index (χ1v) is 8.58. The van der Waals surface area contributed by atoms with Crippen LogP contribution in [-0.4, -0.2) is 45.4 Å². The molecule has 0 aliphatic carbocycles. The minimum atomic E-state index is -0.764. The molecule has 1 aromatic carbocycles. The maximum Gasteiger partial charge on any atom is 0.351 e. The second kappa shape index (κ2) is 9.65. The molecular weight excluding hydrogens is 356 g/mol. The first kappa shape index (κ1) is 19.6. The van der Waals surface area contributed by atoms with Crippen LogP contribution in [0.5, 0.6) is 0 Å². The smallest absolute Gasteiger partial charge is 0.351 e. The van der Waals surface area contributed by atoms with Crippen molar-refractivity contribution in [3.63, 3.8) is 0 Å². The predicted octanol–water partition coefficient (Wildman–Crippen LogP) is 2.25. The molecule has 0 radical (unpaired) electrons. The molecule has 136 valence electrons. The molecule has 0 unspecified atom stereocenters. The van der Waals surface area contributed by atoms with E-state index < -0.39 is 11.9 Å². The molecule has 8 heteroatoms. The van der Waals surface area contributed by atoms with E-state index in [4.69, 9.17) is 14.2 Å². The average Bonchev–Trinajstić information content (AvgIpc) is 3.02. The molecule has 7 nitrogen and oxygen atoms in total. The predicted molar refractivity (Wildman–Crippen MR) is 96.3 cm³/mol. The third-order valence-corrected chi connectivity index (χ3v) is 4.57. The van der Waals surface area contributed by atoms with Crippen molar-refractivity contribution >= 4 is 29.4 Å². The molecule has 1 aliphatic heterocycles. The molecule has 0 atom stereocenters. The van der Waals surface area contributed by atoms with Gasteiger partial charge >= 0.3 is 11.9 Å². The largest absolute Gasteiger partial charge is 0.459 e. The number of esters is 2. The van der Waals surface area contributed by atoms with Crippen LogP contribution in [0.4, 0.5) is 5.69 Å². The van der Waals surface area contributed by atoms with Crippen LogP contribution in [0.1, 0.15) is 0 Å². The number of ether oxygens (including phenoxy) is 3. The number of benzene rings is 1. The van der Waals surface area contributed by atoms with Gasteiger partial charge in [-0.05, 0) is 12.1 Å². The highest BCUT2D eigenvalue weighted by molar-refractivity contribution is 8.03. The van der Waals surface area contributed by atoms with E-state index in [-0.39, 0.29) is 18.8 Å². The molecule has 1 heterocycles. The zero-order chi connectivity index (χ0) is 18.9. The van der Waals surface area contributed by atoms with Gasteiger partial charge in [0, 0.05) is 24.6 Å². The Bertz CT molecular complexity index is 769. The molecule has 0 saturated carbocycles.